The highest BCUT2D eigenvalue weighted by molar-refractivity contribution is 5.92. The molecule has 0 aliphatic carbocycles. The van der Waals surface area contributed by atoms with Crippen LogP contribution in [-0.4, -0.2) is 11.6 Å². The summed E-state index contributed by atoms with van der Waals surface area (Å²) < 4.78 is 5.43. The SMILES string of the molecule is C1=Cc2c(ncc3ccccc23)OC1. The van der Waals surface area contributed by atoms with E-state index in [1.807, 2.05) is 24.4 Å². The fraction of sp³-hybridized carbons (Fsp3) is 0.0833. The Morgan fingerprint density at radius 2 is 2.14 bits per heavy atom. The quantitative estimate of drug-likeness (QED) is 0.626. The first-order valence-corrected chi connectivity index (χ1v) is 4.62. The van der Waals surface area contributed by atoms with Gasteiger partial charge >= 0.3 is 0 Å². The molecule has 3 rings (SSSR count). The standard InChI is InChI=1S/C12H9NO/c1-2-5-10-9(4-1)8-13-12-11(10)6-3-7-14-12/h1-6,8H,7H2. The van der Waals surface area contributed by atoms with Gasteiger partial charge in [-0.3, -0.25) is 0 Å². The molecule has 68 valence electrons. The van der Waals surface area contributed by atoms with Gasteiger partial charge in [-0.2, -0.15) is 0 Å². The third-order valence-corrected chi connectivity index (χ3v) is 2.40. The van der Waals surface area contributed by atoms with Crippen molar-refractivity contribution in [3.8, 4) is 5.88 Å². The van der Waals surface area contributed by atoms with Gasteiger partial charge in [0, 0.05) is 17.1 Å². The molecule has 0 fully saturated rings. The van der Waals surface area contributed by atoms with Crippen molar-refractivity contribution < 1.29 is 4.74 Å². The van der Waals surface area contributed by atoms with Crippen molar-refractivity contribution >= 4 is 16.8 Å². The summed E-state index contributed by atoms with van der Waals surface area (Å²) in [5.41, 5.74) is 1.09. The maximum atomic E-state index is 5.43. The molecule has 0 saturated heterocycles. The third kappa shape index (κ3) is 1.01. The summed E-state index contributed by atoms with van der Waals surface area (Å²) in [5.74, 6) is 0.742. The Labute approximate surface area is 81.8 Å². The van der Waals surface area contributed by atoms with Gasteiger partial charge in [-0.1, -0.05) is 24.3 Å². The van der Waals surface area contributed by atoms with Gasteiger partial charge in [0.25, 0.3) is 0 Å². The lowest BCUT2D eigenvalue weighted by atomic mass is 10.1. The number of ether oxygens (including phenoxy) is 1. The van der Waals surface area contributed by atoms with Crippen molar-refractivity contribution in [3.05, 3.63) is 42.1 Å². The molecule has 0 bridgehead atoms. The first-order valence-electron chi connectivity index (χ1n) is 4.62. The first kappa shape index (κ1) is 7.56. The summed E-state index contributed by atoms with van der Waals surface area (Å²) >= 11 is 0. The zero-order valence-corrected chi connectivity index (χ0v) is 7.60. The second-order valence-corrected chi connectivity index (χ2v) is 3.28. The normalized spacial score (nSPS) is 13.7. The largest absolute Gasteiger partial charge is 0.473 e. The fourth-order valence-electron chi connectivity index (χ4n) is 1.74. The van der Waals surface area contributed by atoms with E-state index in [2.05, 4.69) is 23.2 Å². The van der Waals surface area contributed by atoms with Crippen molar-refractivity contribution in [2.45, 2.75) is 0 Å². The van der Waals surface area contributed by atoms with Gasteiger partial charge in [-0.25, -0.2) is 4.98 Å². The molecule has 1 aromatic heterocycles. The van der Waals surface area contributed by atoms with E-state index < -0.39 is 0 Å². The van der Waals surface area contributed by atoms with E-state index in [1.54, 1.807) is 0 Å². The van der Waals surface area contributed by atoms with Crippen LogP contribution in [0.3, 0.4) is 0 Å². The molecule has 0 saturated carbocycles. The molecule has 2 aromatic rings. The van der Waals surface area contributed by atoms with E-state index in [-0.39, 0.29) is 0 Å². The lowest BCUT2D eigenvalue weighted by Gasteiger charge is -2.12. The van der Waals surface area contributed by atoms with Gasteiger partial charge in [-0.15, -0.1) is 0 Å². The topological polar surface area (TPSA) is 22.1 Å². The van der Waals surface area contributed by atoms with E-state index in [0.29, 0.717) is 6.61 Å². The van der Waals surface area contributed by atoms with Crippen molar-refractivity contribution in [2.24, 2.45) is 0 Å². The number of aromatic nitrogens is 1. The van der Waals surface area contributed by atoms with Crippen LogP contribution in [0.1, 0.15) is 5.56 Å². The Bertz CT molecular complexity index is 517. The molecule has 2 heterocycles. The molecule has 0 unspecified atom stereocenters. The molecule has 0 amide bonds. The minimum absolute atomic E-state index is 0.623. The zero-order chi connectivity index (χ0) is 9.38. The molecule has 0 N–H and O–H groups in total. The van der Waals surface area contributed by atoms with Crippen molar-refractivity contribution in [3.63, 3.8) is 0 Å². The van der Waals surface area contributed by atoms with E-state index in [1.165, 1.54) is 5.39 Å². The molecular weight excluding hydrogens is 174 g/mol. The van der Waals surface area contributed by atoms with Crippen LogP contribution in [0.5, 0.6) is 5.88 Å². The summed E-state index contributed by atoms with van der Waals surface area (Å²) in [6, 6.07) is 8.20. The highest BCUT2D eigenvalue weighted by atomic mass is 16.5. The monoisotopic (exact) mass is 183 g/mol. The highest BCUT2D eigenvalue weighted by Gasteiger charge is 2.09. The van der Waals surface area contributed by atoms with Crippen LogP contribution < -0.4 is 4.74 Å². The number of benzene rings is 1. The molecule has 14 heavy (non-hydrogen) atoms. The maximum absolute atomic E-state index is 5.43. The van der Waals surface area contributed by atoms with Crippen molar-refractivity contribution in [2.75, 3.05) is 6.61 Å². The molecule has 0 spiro atoms. The number of hydrogen-bond acceptors (Lipinski definition) is 2. The Morgan fingerprint density at radius 3 is 3.14 bits per heavy atom. The molecule has 1 aliphatic rings. The molecule has 1 aliphatic heterocycles. The minimum atomic E-state index is 0.623. The van der Waals surface area contributed by atoms with Crippen LogP contribution >= 0.6 is 0 Å². The number of pyridine rings is 1. The highest BCUT2D eigenvalue weighted by Crippen LogP contribution is 2.28. The number of rotatable bonds is 0. The molecular formula is C12H9NO. The van der Waals surface area contributed by atoms with Crippen LogP contribution in [0.2, 0.25) is 0 Å². The van der Waals surface area contributed by atoms with Crippen LogP contribution in [0.4, 0.5) is 0 Å². The van der Waals surface area contributed by atoms with Gasteiger partial charge in [-0.05, 0) is 17.5 Å². The summed E-state index contributed by atoms with van der Waals surface area (Å²) in [7, 11) is 0. The number of fused-ring (bicyclic) bond motifs is 3. The van der Waals surface area contributed by atoms with Gasteiger partial charge < -0.3 is 4.74 Å². The van der Waals surface area contributed by atoms with E-state index in [4.69, 9.17) is 4.74 Å². The van der Waals surface area contributed by atoms with Gasteiger partial charge in [0.2, 0.25) is 5.88 Å². The van der Waals surface area contributed by atoms with E-state index in [9.17, 15) is 0 Å². The van der Waals surface area contributed by atoms with Gasteiger partial charge in [0.15, 0.2) is 0 Å². The second-order valence-electron chi connectivity index (χ2n) is 3.28. The second kappa shape index (κ2) is 2.84. The predicted molar refractivity (Wildman–Crippen MR) is 56.3 cm³/mol. The number of hydrogen-bond donors (Lipinski definition) is 0. The molecule has 0 radical (unpaired) electrons. The molecule has 2 nitrogen and oxygen atoms in total. The van der Waals surface area contributed by atoms with Crippen LogP contribution in [0.25, 0.3) is 16.8 Å². The van der Waals surface area contributed by atoms with Crippen LogP contribution in [-0.2, 0) is 0 Å². The minimum Gasteiger partial charge on any atom is -0.473 e. The molecule has 1 aromatic carbocycles. The Kier molecular flexibility index (Phi) is 1.53. The average Bonchev–Trinajstić information content (AvgIpc) is 2.29. The van der Waals surface area contributed by atoms with E-state index in [0.717, 1.165) is 16.8 Å². The zero-order valence-electron chi connectivity index (χ0n) is 7.60. The van der Waals surface area contributed by atoms with Crippen LogP contribution in [0.15, 0.2) is 36.5 Å². The maximum Gasteiger partial charge on any atom is 0.221 e. The first-order chi connectivity index (χ1) is 6.95. The summed E-state index contributed by atoms with van der Waals surface area (Å²) in [4.78, 5) is 4.27. The van der Waals surface area contributed by atoms with Gasteiger partial charge in [0.05, 0.1) is 0 Å². The van der Waals surface area contributed by atoms with Gasteiger partial charge in [0.1, 0.15) is 6.61 Å². The smallest absolute Gasteiger partial charge is 0.221 e. The Balaban J connectivity index is 2.42. The Hall–Kier alpha value is -1.83. The summed E-state index contributed by atoms with van der Waals surface area (Å²) in [6.45, 7) is 0.623. The van der Waals surface area contributed by atoms with Crippen molar-refractivity contribution in [1.82, 2.24) is 4.98 Å². The lowest BCUT2D eigenvalue weighted by Crippen LogP contribution is -2.02. The number of nitrogens with zero attached hydrogens (tertiary/aromatic N) is 1. The predicted octanol–water partition coefficient (Wildman–Crippen LogP) is 2.64. The van der Waals surface area contributed by atoms with Crippen LogP contribution in [0, 0.1) is 0 Å². The van der Waals surface area contributed by atoms with Crippen molar-refractivity contribution in [1.29, 1.82) is 0 Å². The average molecular weight is 183 g/mol. The summed E-state index contributed by atoms with van der Waals surface area (Å²) in [6.07, 6.45) is 5.94. The lowest BCUT2D eigenvalue weighted by molar-refractivity contribution is 0.345. The van der Waals surface area contributed by atoms with E-state index >= 15 is 0 Å². The third-order valence-electron chi connectivity index (χ3n) is 2.40. The molecule has 0 atom stereocenters. The Morgan fingerprint density at radius 1 is 1.21 bits per heavy atom. The molecule has 2 heteroatoms. The summed E-state index contributed by atoms with van der Waals surface area (Å²) in [5, 5.41) is 2.36. The fourth-order valence-corrected chi connectivity index (χ4v) is 1.74.